The number of hydrogen-bond donors (Lipinski definition) is 1. The fourth-order valence-electron chi connectivity index (χ4n) is 2.80. The van der Waals surface area contributed by atoms with Crippen molar-refractivity contribution < 1.29 is 0 Å². The number of aromatic amines is 1. The molecule has 24 heavy (non-hydrogen) atoms. The third-order valence-corrected chi connectivity index (χ3v) is 4.19. The lowest BCUT2D eigenvalue weighted by atomic mass is 9.96. The second-order valence-electron chi connectivity index (χ2n) is 6.10. The van der Waals surface area contributed by atoms with Gasteiger partial charge in [0.2, 0.25) is 0 Å². The van der Waals surface area contributed by atoms with Gasteiger partial charge in [-0.05, 0) is 44.0 Å². The first-order valence-electron chi connectivity index (χ1n) is 7.81. The van der Waals surface area contributed by atoms with Crippen LogP contribution in [0, 0.1) is 32.1 Å². The summed E-state index contributed by atoms with van der Waals surface area (Å²) in [5.74, 6) is 0. The number of aryl methyl sites for hydroxylation is 3. The average Bonchev–Trinajstić information content (AvgIpc) is 2.57. The molecule has 3 aromatic rings. The fourth-order valence-corrected chi connectivity index (χ4v) is 2.80. The van der Waals surface area contributed by atoms with Crippen LogP contribution in [0.1, 0.15) is 22.3 Å². The zero-order chi connectivity index (χ0) is 17.3. The Morgan fingerprint density at radius 3 is 2.21 bits per heavy atom. The van der Waals surface area contributed by atoms with Gasteiger partial charge in [-0.2, -0.15) is 5.26 Å². The summed E-state index contributed by atoms with van der Waals surface area (Å²) in [6, 6.07) is 17.9. The Labute approximate surface area is 141 Å². The molecule has 1 N–H and O–H groups in total. The maximum atomic E-state index is 12.4. The second kappa shape index (κ2) is 6.17. The summed E-state index contributed by atoms with van der Waals surface area (Å²) in [4.78, 5) is 15.3. The van der Waals surface area contributed by atoms with Crippen molar-refractivity contribution >= 4 is 0 Å². The molecule has 3 rings (SSSR count). The highest BCUT2D eigenvalue weighted by Crippen LogP contribution is 2.28. The number of H-pyrrole nitrogens is 1. The van der Waals surface area contributed by atoms with Gasteiger partial charge in [-0.25, -0.2) is 0 Å². The van der Waals surface area contributed by atoms with Gasteiger partial charge in [0.1, 0.15) is 11.6 Å². The van der Waals surface area contributed by atoms with Gasteiger partial charge < -0.3 is 4.98 Å². The summed E-state index contributed by atoms with van der Waals surface area (Å²) in [5.41, 5.74) is 6.37. The summed E-state index contributed by atoms with van der Waals surface area (Å²) >= 11 is 0. The average molecular weight is 314 g/mol. The van der Waals surface area contributed by atoms with Crippen LogP contribution in [0.2, 0.25) is 0 Å². The largest absolute Gasteiger partial charge is 0.321 e. The van der Waals surface area contributed by atoms with Crippen molar-refractivity contribution in [3.63, 3.8) is 0 Å². The third kappa shape index (κ3) is 2.87. The van der Waals surface area contributed by atoms with E-state index in [2.05, 4.69) is 4.98 Å². The number of rotatable bonds is 2. The first-order chi connectivity index (χ1) is 11.5. The standard InChI is InChI=1S/C21H18N2O/c1-13-5-8-16(9-6-13)18-11-20(23-21(24)19(18)12-22)17-10-14(2)4-7-15(17)3/h4-11H,1-3H3,(H,23,24). The van der Waals surface area contributed by atoms with E-state index in [1.165, 1.54) is 0 Å². The zero-order valence-corrected chi connectivity index (χ0v) is 14.0. The van der Waals surface area contributed by atoms with Gasteiger partial charge in [0, 0.05) is 16.8 Å². The zero-order valence-electron chi connectivity index (χ0n) is 14.0. The number of hydrogen-bond acceptors (Lipinski definition) is 2. The van der Waals surface area contributed by atoms with E-state index in [1.807, 2.05) is 75.4 Å². The van der Waals surface area contributed by atoms with E-state index >= 15 is 0 Å². The lowest BCUT2D eigenvalue weighted by Gasteiger charge is -2.11. The summed E-state index contributed by atoms with van der Waals surface area (Å²) in [6.45, 7) is 6.04. The van der Waals surface area contributed by atoms with Crippen LogP contribution in [-0.4, -0.2) is 4.98 Å². The van der Waals surface area contributed by atoms with Crippen LogP contribution in [0.4, 0.5) is 0 Å². The van der Waals surface area contributed by atoms with Gasteiger partial charge in [-0.15, -0.1) is 0 Å². The van der Waals surface area contributed by atoms with E-state index in [0.717, 1.165) is 33.5 Å². The Bertz CT molecular complexity index is 1010. The molecule has 118 valence electrons. The van der Waals surface area contributed by atoms with Gasteiger partial charge >= 0.3 is 0 Å². The molecule has 3 nitrogen and oxygen atoms in total. The number of pyridine rings is 1. The van der Waals surface area contributed by atoms with E-state index in [4.69, 9.17) is 0 Å². The maximum absolute atomic E-state index is 12.4. The van der Waals surface area contributed by atoms with Crippen LogP contribution in [-0.2, 0) is 0 Å². The minimum Gasteiger partial charge on any atom is -0.321 e. The van der Waals surface area contributed by atoms with E-state index in [9.17, 15) is 10.1 Å². The highest BCUT2D eigenvalue weighted by atomic mass is 16.1. The molecule has 0 atom stereocenters. The van der Waals surface area contributed by atoms with Crippen LogP contribution in [0.3, 0.4) is 0 Å². The summed E-state index contributed by atoms with van der Waals surface area (Å²) < 4.78 is 0. The Hall–Kier alpha value is -3.12. The molecule has 0 aliphatic heterocycles. The molecule has 0 saturated carbocycles. The van der Waals surface area contributed by atoms with Gasteiger partial charge in [0.15, 0.2) is 0 Å². The SMILES string of the molecule is Cc1ccc(-c2cc(-c3cc(C)ccc3C)[nH]c(=O)c2C#N)cc1. The second-order valence-corrected chi connectivity index (χ2v) is 6.10. The molecule has 1 heterocycles. The predicted molar refractivity (Wildman–Crippen MR) is 96.9 cm³/mol. The van der Waals surface area contributed by atoms with Crippen molar-refractivity contribution in [1.29, 1.82) is 5.26 Å². The van der Waals surface area contributed by atoms with Gasteiger partial charge in [-0.1, -0.05) is 47.5 Å². The number of nitrogens with zero attached hydrogens (tertiary/aromatic N) is 1. The first kappa shape index (κ1) is 15.8. The van der Waals surface area contributed by atoms with Gasteiger partial charge in [-0.3, -0.25) is 4.79 Å². The van der Waals surface area contributed by atoms with Crippen LogP contribution in [0.15, 0.2) is 53.3 Å². The Morgan fingerprint density at radius 2 is 1.54 bits per heavy atom. The van der Waals surface area contributed by atoms with E-state index in [-0.39, 0.29) is 11.1 Å². The molecule has 0 spiro atoms. The van der Waals surface area contributed by atoms with Gasteiger partial charge in [0.05, 0.1) is 0 Å². The molecule has 2 aromatic carbocycles. The number of nitrogens with one attached hydrogen (secondary N) is 1. The minimum absolute atomic E-state index is 0.146. The van der Waals surface area contributed by atoms with Crippen molar-refractivity contribution in [1.82, 2.24) is 4.98 Å². The minimum atomic E-state index is -0.355. The lowest BCUT2D eigenvalue weighted by Crippen LogP contribution is -2.13. The van der Waals surface area contributed by atoms with Crippen molar-refractivity contribution in [2.24, 2.45) is 0 Å². The monoisotopic (exact) mass is 314 g/mol. The molecule has 0 aliphatic carbocycles. The molecule has 0 fully saturated rings. The topological polar surface area (TPSA) is 56.6 Å². The molecule has 1 aromatic heterocycles. The molecule has 0 aliphatic rings. The molecule has 0 amide bonds. The molecule has 3 heteroatoms. The molecule has 0 bridgehead atoms. The van der Waals surface area contributed by atoms with Crippen LogP contribution < -0.4 is 5.56 Å². The molecular weight excluding hydrogens is 296 g/mol. The molecule has 0 unspecified atom stereocenters. The summed E-state index contributed by atoms with van der Waals surface area (Å²) in [5, 5.41) is 9.41. The van der Waals surface area contributed by atoms with Crippen molar-refractivity contribution in [3.05, 3.63) is 81.1 Å². The van der Waals surface area contributed by atoms with E-state index < -0.39 is 0 Å². The number of aromatic nitrogens is 1. The van der Waals surface area contributed by atoms with Crippen molar-refractivity contribution in [2.45, 2.75) is 20.8 Å². The van der Waals surface area contributed by atoms with Crippen LogP contribution in [0.5, 0.6) is 0 Å². The van der Waals surface area contributed by atoms with Gasteiger partial charge in [0.25, 0.3) is 5.56 Å². The fraction of sp³-hybridized carbons (Fsp3) is 0.143. The summed E-state index contributed by atoms with van der Waals surface area (Å²) in [7, 11) is 0. The predicted octanol–water partition coefficient (Wildman–Crippen LogP) is 4.51. The molecule has 0 saturated heterocycles. The summed E-state index contributed by atoms with van der Waals surface area (Å²) in [6.07, 6.45) is 0. The normalized spacial score (nSPS) is 10.4. The van der Waals surface area contributed by atoms with Crippen LogP contribution in [0.25, 0.3) is 22.4 Å². The highest BCUT2D eigenvalue weighted by molar-refractivity contribution is 5.76. The van der Waals surface area contributed by atoms with E-state index in [1.54, 1.807) is 0 Å². The maximum Gasteiger partial charge on any atom is 0.266 e. The number of benzene rings is 2. The van der Waals surface area contributed by atoms with E-state index in [0.29, 0.717) is 5.56 Å². The van der Waals surface area contributed by atoms with Crippen molar-refractivity contribution in [2.75, 3.05) is 0 Å². The Balaban J connectivity index is 2.28. The lowest BCUT2D eigenvalue weighted by molar-refractivity contribution is 1.21. The third-order valence-electron chi connectivity index (χ3n) is 4.19. The highest BCUT2D eigenvalue weighted by Gasteiger charge is 2.13. The first-order valence-corrected chi connectivity index (χ1v) is 7.81. The quantitative estimate of drug-likeness (QED) is 0.757. The smallest absolute Gasteiger partial charge is 0.266 e. The Kier molecular flexibility index (Phi) is 4.05. The number of nitriles is 1. The van der Waals surface area contributed by atoms with Crippen molar-refractivity contribution in [3.8, 4) is 28.5 Å². The molecular formula is C21H18N2O. The Morgan fingerprint density at radius 1 is 0.875 bits per heavy atom. The molecule has 0 radical (unpaired) electrons. The van der Waals surface area contributed by atoms with Crippen LogP contribution >= 0.6 is 0 Å².